The molecule has 0 aromatic carbocycles. The van der Waals surface area contributed by atoms with Gasteiger partial charge in [-0.2, -0.15) is 11.3 Å². The second kappa shape index (κ2) is 7.83. The van der Waals surface area contributed by atoms with Gasteiger partial charge in [0, 0.05) is 6.20 Å². The smallest absolute Gasteiger partial charge is 0.408 e. The standard InChI is InChI=1S/C15H22N2O3S/c1-11(17-14(19)20-15(2,3)4)13(18)16-8-5-6-12-7-9-21-10-12/h5,7-11H,6H2,1-4H3,(H,16,18)(H,17,19)/b8-5+/t11-/m1/s1. The Hall–Kier alpha value is -1.82. The predicted octanol–water partition coefficient (Wildman–Crippen LogP) is 2.83. The predicted molar refractivity (Wildman–Crippen MR) is 84.1 cm³/mol. The zero-order valence-corrected chi connectivity index (χ0v) is 13.6. The molecule has 21 heavy (non-hydrogen) atoms. The van der Waals surface area contributed by atoms with Crippen molar-refractivity contribution in [2.45, 2.75) is 45.8 Å². The fourth-order valence-corrected chi connectivity index (χ4v) is 2.10. The lowest BCUT2D eigenvalue weighted by atomic mass is 10.2. The van der Waals surface area contributed by atoms with Crippen LogP contribution < -0.4 is 10.6 Å². The van der Waals surface area contributed by atoms with E-state index in [0.717, 1.165) is 6.42 Å². The molecule has 5 nitrogen and oxygen atoms in total. The minimum absolute atomic E-state index is 0.289. The van der Waals surface area contributed by atoms with Gasteiger partial charge in [0.25, 0.3) is 0 Å². The molecule has 0 saturated heterocycles. The number of hydrogen-bond donors (Lipinski definition) is 2. The number of thiophene rings is 1. The first-order valence-corrected chi connectivity index (χ1v) is 7.68. The van der Waals surface area contributed by atoms with Crippen LogP contribution in [0.15, 0.2) is 29.1 Å². The van der Waals surface area contributed by atoms with Crippen LogP contribution in [0.3, 0.4) is 0 Å². The molecule has 6 heteroatoms. The molecule has 1 rings (SSSR count). The molecule has 0 aliphatic heterocycles. The summed E-state index contributed by atoms with van der Waals surface area (Å²) in [6.07, 6.45) is 3.61. The van der Waals surface area contributed by atoms with Crippen LogP contribution in [-0.4, -0.2) is 23.6 Å². The number of hydrogen-bond acceptors (Lipinski definition) is 4. The maximum absolute atomic E-state index is 11.8. The summed E-state index contributed by atoms with van der Waals surface area (Å²) in [5.74, 6) is -0.289. The van der Waals surface area contributed by atoms with Gasteiger partial charge in [0.2, 0.25) is 5.91 Å². The highest BCUT2D eigenvalue weighted by Gasteiger charge is 2.20. The highest BCUT2D eigenvalue weighted by atomic mass is 32.1. The van der Waals surface area contributed by atoms with Gasteiger partial charge in [-0.05, 0) is 56.5 Å². The van der Waals surface area contributed by atoms with Crippen molar-refractivity contribution in [3.63, 3.8) is 0 Å². The summed E-state index contributed by atoms with van der Waals surface area (Å²) >= 11 is 1.64. The summed E-state index contributed by atoms with van der Waals surface area (Å²) in [4.78, 5) is 23.3. The largest absolute Gasteiger partial charge is 0.444 e. The number of amides is 2. The summed E-state index contributed by atoms with van der Waals surface area (Å²) in [7, 11) is 0. The maximum Gasteiger partial charge on any atom is 0.408 e. The quantitative estimate of drug-likeness (QED) is 0.879. The van der Waals surface area contributed by atoms with E-state index in [-0.39, 0.29) is 5.91 Å². The summed E-state index contributed by atoms with van der Waals surface area (Å²) in [6, 6.07) is 1.37. The number of ether oxygens (including phenoxy) is 1. The van der Waals surface area contributed by atoms with Gasteiger partial charge >= 0.3 is 6.09 Å². The van der Waals surface area contributed by atoms with Crippen LogP contribution in [0.5, 0.6) is 0 Å². The Morgan fingerprint density at radius 1 is 1.43 bits per heavy atom. The Balaban J connectivity index is 2.30. The minimum Gasteiger partial charge on any atom is -0.444 e. The van der Waals surface area contributed by atoms with Crippen molar-refractivity contribution >= 4 is 23.3 Å². The molecule has 1 heterocycles. The van der Waals surface area contributed by atoms with Crippen LogP contribution in [0.2, 0.25) is 0 Å². The van der Waals surface area contributed by atoms with E-state index < -0.39 is 17.7 Å². The molecule has 0 bridgehead atoms. The molecule has 0 aliphatic rings. The van der Waals surface area contributed by atoms with Crippen molar-refractivity contribution in [3.8, 4) is 0 Å². The van der Waals surface area contributed by atoms with Gasteiger partial charge in [0.05, 0.1) is 0 Å². The molecule has 2 amide bonds. The van der Waals surface area contributed by atoms with E-state index in [0.29, 0.717) is 0 Å². The molecule has 0 unspecified atom stereocenters. The van der Waals surface area contributed by atoms with Gasteiger partial charge in [-0.1, -0.05) is 6.08 Å². The van der Waals surface area contributed by atoms with E-state index in [1.807, 2.05) is 17.5 Å². The summed E-state index contributed by atoms with van der Waals surface area (Å²) in [6.45, 7) is 6.91. The molecule has 1 aromatic heterocycles. The molecule has 1 aromatic rings. The summed E-state index contributed by atoms with van der Waals surface area (Å²) in [5.41, 5.74) is 0.617. The van der Waals surface area contributed by atoms with E-state index >= 15 is 0 Å². The van der Waals surface area contributed by atoms with E-state index in [9.17, 15) is 9.59 Å². The second-order valence-electron chi connectivity index (χ2n) is 5.61. The number of rotatable bonds is 5. The highest BCUT2D eigenvalue weighted by Crippen LogP contribution is 2.07. The van der Waals surface area contributed by atoms with Crippen LogP contribution in [0.25, 0.3) is 0 Å². The molecule has 0 aliphatic carbocycles. The Morgan fingerprint density at radius 2 is 2.14 bits per heavy atom. The molecular formula is C15H22N2O3S. The first kappa shape index (κ1) is 17.2. The number of carbonyl (C=O) groups excluding carboxylic acids is 2. The van der Waals surface area contributed by atoms with Crippen molar-refractivity contribution in [3.05, 3.63) is 34.7 Å². The van der Waals surface area contributed by atoms with Crippen LogP contribution in [-0.2, 0) is 16.0 Å². The molecule has 0 spiro atoms. The van der Waals surface area contributed by atoms with Crippen LogP contribution in [0.1, 0.15) is 33.3 Å². The zero-order chi connectivity index (χ0) is 15.9. The SMILES string of the molecule is C[C@@H](NC(=O)OC(C)(C)C)C(=O)N/C=C/Cc1ccsc1. The molecule has 0 fully saturated rings. The lowest BCUT2D eigenvalue weighted by molar-refractivity contribution is -0.121. The fraction of sp³-hybridized carbons (Fsp3) is 0.467. The Kier molecular flexibility index (Phi) is 6.42. The number of carbonyl (C=O) groups is 2. The molecule has 0 radical (unpaired) electrons. The average Bonchev–Trinajstić information content (AvgIpc) is 2.84. The highest BCUT2D eigenvalue weighted by molar-refractivity contribution is 7.07. The lowest BCUT2D eigenvalue weighted by Crippen LogP contribution is -2.45. The zero-order valence-electron chi connectivity index (χ0n) is 12.8. The van der Waals surface area contributed by atoms with Crippen LogP contribution >= 0.6 is 11.3 Å². The van der Waals surface area contributed by atoms with Crippen LogP contribution in [0, 0.1) is 0 Å². The number of nitrogens with one attached hydrogen (secondary N) is 2. The summed E-state index contributed by atoms with van der Waals surface area (Å²) in [5, 5.41) is 9.17. The van der Waals surface area contributed by atoms with E-state index in [2.05, 4.69) is 16.0 Å². The third-order valence-electron chi connectivity index (χ3n) is 2.40. The van der Waals surface area contributed by atoms with Gasteiger partial charge in [0.15, 0.2) is 0 Å². The van der Waals surface area contributed by atoms with Crippen molar-refractivity contribution in [1.82, 2.24) is 10.6 Å². The van der Waals surface area contributed by atoms with Crippen molar-refractivity contribution < 1.29 is 14.3 Å². The third kappa shape index (κ3) is 7.51. The lowest BCUT2D eigenvalue weighted by Gasteiger charge is -2.21. The van der Waals surface area contributed by atoms with Gasteiger partial charge < -0.3 is 15.4 Å². The minimum atomic E-state index is -0.661. The summed E-state index contributed by atoms with van der Waals surface area (Å²) < 4.78 is 5.09. The number of alkyl carbamates (subject to hydrolysis) is 1. The van der Waals surface area contributed by atoms with Crippen molar-refractivity contribution in [2.24, 2.45) is 0 Å². The first-order valence-electron chi connectivity index (χ1n) is 6.74. The Morgan fingerprint density at radius 3 is 2.71 bits per heavy atom. The topological polar surface area (TPSA) is 67.4 Å². The first-order chi connectivity index (χ1) is 9.78. The van der Waals surface area contributed by atoms with E-state index in [1.165, 1.54) is 5.56 Å². The number of allylic oxidation sites excluding steroid dienone is 1. The van der Waals surface area contributed by atoms with Gasteiger partial charge in [-0.3, -0.25) is 4.79 Å². The molecule has 2 N–H and O–H groups in total. The third-order valence-corrected chi connectivity index (χ3v) is 3.14. The maximum atomic E-state index is 11.8. The fourth-order valence-electron chi connectivity index (χ4n) is 1.42. The van der Waals surface area contributed by atoms with Crippen LogP contribution in [0.4, 0.5) is 4.79 Å². The molecule has 0 saturated carbocycles. The second-order valence-corrected chi connectivity index (χ2v) is 6.39. The Bertz CT molecular complexity index is 490. The monoisotopic (exact) mass is 310 g/mol. The van der Waals surface area contributed by atoms with Crippen molar-refractivity contribution in [2.75, 3.05) is 0 Å². The Labute approximate surface area is 129 Å². The van der Waals surface area contributed by atoms with Gasteiger partial charge in [-0.25, -0.2) is 4.79 Å². The normalized spacial score (nSPS) is 13.0. The van der Waals surface area contributed by atoms with E-state index in [4.69, 9.17) is 4.74 Å². The molecular weight excluding hydrogens is 288 g/mol. The molecule has 1 atom stereocenters. The molecule has 116 valence electrons. The van der Waals surface area contributed by atoms with Gasteiger partial charge in [-0.15, -0.1) is 0 Å². The van der Waals surface area contributed by atoms with E-state index in [1.54, 1.807) is 45.2 Å². The average molecular weight is 310 g/mol. The van der Waals surface area contributed by atoms with Gasteiger partial charge in [0.1, 0.15) is 11.6 Å². The van der Waals surface area contributed by atoms with Crippen molar-refractivity contribution in [1.29, 1.82) is 0 Å².